The maximum Gasteiger partial charge on any atom is 0.209 e. The minimum Gasteiger partial charge on any atom is -0.370 e. The maximum atomic E-state index is 2.31. The Morgan fingerprint density at radius 1 is 1.05 bits per heavy atom. The summed E-state index contributed by atoms with van der Waals surface area (Å²) < 4.78 is 2.31. The number of fused-ring (bicyclic) bond motifs is 1. The Hall–Kier alpha value is -1.87. The molecule has 0 unspecified atom stereocenters. The van der Waals surface area contributed by atoms with Gasteiger partial charge in [0, 0.05) is 36.7 Å². The van der Waals surface area contributed by atoms with E-state index < -0.39 is 0 Å². The quantitative estimate of drug-likeness (QED) is 0.755. The standard InChI is InChI=1S/C19H23N2S/c1-19(2)15-8-6-7-9-16(15)21(5)17(19)12-10-14-11-13-18(22-14)20(3)4/h6-13H,1-5H3/q+1. The average Bonchev–Trinajstić information content (AvgIpc) is 3.02. The van der Waals surface area contributed by atoms with Crippen molar-refractivity contribution < 1.29 is 4.58 Å². The number of benzene rings is 1. The first-order chi connectivity index (χ1) is 10.4. The van der Waals surface area contributed by atoms with Gasteiger partial charge in [0.1, 0.15) is 7.05 Å². The lowest BCUT2D eigenvalue weighted by atomic mass is 9.81. The Bertz CT molecular complexity index is 763. The molecule has 0 saturated heterocycles. The van der Waals surface area contributed by atoms with Crippen LogP contribution in [0, 0.1) is 0 Å². The van der Waals surface area contributed by atoms with Gasteiger partial charge < -0.3 is 4.90 Å². The number of nitrogens with zero attached hydrogens (tertiary/aromatic N) is 2. The van der Waals surface area contributed by atoms with Crippen LogP contribution in [0.5, 0.6) is 0 Å². The summed E-state index contributed by atoms with van der Waals surface area (Å²) in [6.45, 7) is 4.60. The summed E-state index contributed by atoms with van der Waals surface area (Å²) in [7, 11) is 6.32. The second-order valence-electron chi connectivity index (χ2n) is 6.49. The monoisotopic (exact) mass is 311 g/mol. The first kappa shape index (κ1) is 15.0. The average molecular weight is 311 g/mol. The van der Waals surface area contributed by atoms with Crippen LogP contribution in [0.15, 0.2) is 42.5 Å². The van der Waals surface area contributed by atoms with E-state index in [9.17, 15) is 0 Å². The van der Waals surface area contributed by atoms with Crippen molar-refractivity contribution in [2.24, 2.45) is 0 Å². The van der Waals surface area contributed by atoms with Gasteiger partial charge in [0.25, 0.3) is 0 Å². The zero-order valence-corrected chi connectivity index (χ0v) is 14.7. The third-order valence-electron chi connectivity index (χ3n) is 4.40. The van der Waals surface area contributed by atoms with Crippen molar-refractivity contribution in [2.45, 2.75) is 19.3 Å². The Morgan fingerprint density at radius 2 is 1.77 bits per heavy atom. The zero-order chi connectivity index (χ0) is 15.9. The zero-order valence-electron chi connectivity index (χ0n) is 13.9. The molecule has 0 bridgehead atoms. The Balaban J connectivity index is 1.95. The predicted octanol–water partition coefficient (Wildman–Crippen LogP) is 4.53. The number of allylic oxidation sites excluding steroid dienone is 1. The molecule has 0 radical (unpaired) electrons. The molecule has 0 fully saturated rings. The molecule has 0 saturated carbocycles. The van der Waals surface area contributed by atoms with Gasteiger partial charge in [0.05, 0.1) is 10.4 Å². The van der Waals surface area contributed by atoms with Crippen LogP contribution in [0.1, 0.15) is 24.3 Å². The fourth-order valence-corrected chi connectivity index (χ4v) is 3.97. The summed E-state index contributed by atoms with van der Waals surface area (Å²) in [5, 5.41) is 1.28. The molecule has 3 heteroatoms. The van der Waals surface area contributed by atoms with Gasteiger partial charge >= 0.3 is 0 Å². The second kappa shape index (κ2) is 5.40. The molecule has 0 spiro atoms. The summed E-state index contributed by atoms with van der Waals surface area (Å²) in [6.07, 6.45) is 4.50. The summed E-state index contributed by atoms with van der Waals surface area (Å²) in [5.41, 5.74) is 4.10. The van der Waals surface area contributed by atoms with Gasteiger partial charge in [-0.15, -0.1) is 11.3 Å². The summed E-state index contributed by atoms with van der Waals surface area (Å²) in [5.74, 6) is 0. The Labute approximate surface area is 137 Å². The van der Waals surface area contributed by atoms with Gasteiger partial charge in [-0.05, 0) is 32.1 Å². The summed E-state index contributed by atoms with van der Waals surface area (Å²) in [4.78, 5) is 3.44. The molecule has 1 aliphatic heterocycles. The van der Waals surface area contributed by atoms with Gasteiger partial charge in [-0.1, -0.05) is 18.2 Å². The molecular weight excluding hydrogens is 288 g/mol. The Kier molecular flexibility index (Phi) is 3.69. The van der Waals surface area contributed by atoms with E-state index in [0.717, 1.165) is 0 Å². The molecule has 1 aromatic carbocycles. The van der Waals surface area contributed by atoms with Crippen LogP contribution < -0.4 is 4.90 Å². The first-order valence-electron chi connectivity index (χ1n) is 7.57. The number of thiophene rings is 1. The summed E-state index contributed by atoms with van der Waals surface area (Å²) in [6, 6.07) is 13.0. The van der Waals surface area contributed by atoms with E-state index in [4.69, 9.17) is 0 Å². The van der Waals surface area contributed by atoms with Gasteiger partial charge in [-0.3, -0.25) is 0 Å². The molecule has 0 N–H and O–H groups in total. The molecule has 1 aromatic heterocycles. The molecular formula is C19H23N2S+. The SMILES string of the molecule is CN(C)c1ccc(/C=C/C2=[N+](C)c3ccccc3C2(C)C)s1. The lowest BCUT2D eigenvalue weighted by Crippen LogP contribution is -2.26. The van der Waals surface area contributed by atoms with Gasteiger partial charge in [-0.25, -0.2) is 0 Å². The van der Waals surface area contributed by atoms with E-state index in [0.29, 0.717) is 0 Å². The van der Waals surface area contributed by atoms with Crippen molar-refractivity contribution in [3.8, 4) is 0 Å². The molecule has 22 heavy (non-hydrogen) atoms. The van der Waals surface area contributed by atoms with Crippen LogP contribution in [-0.4, -0.2) is 31.4 Å². The van der Waals surface area contributed by atoms with E-state index in [-0.39, 0.29) is 5.41 Å². The van der Waals surface area contributed by atoms with E-state index in [1.165, 1.54) is 26.8 Å². The van der Waals surface area contributed by atoms with Crippen LogP contribution in [0.4, 0.5) is 10.7 Å². The third kappa shape index (κ3) is 2.40. The number of hydrogen-bond donors (Lipinski definition) is 0. The van der Waals surface area contributed by atoms with E-state index in [2.05, 4.69) is 93.0 Å². The van der Waals surface area contributed by atoms with Crippen LogP contribution in [0.25, 0.3) is 6.08 Å². The van der Waals surface area contributed by atoms with Crippen LogP contribution in [0.2, 0.25) is 0 Å². The van der Waals surface area contributed by atoms with Crippen LogP contribution >= 0.6 is 11.3 Å². The fraction of sp³-hybridized carbons (Fsp3) is 0.316. The largest absolute Gasteiger partial charge is 0.370 e. The van der Waals surface area contributed by atoms with Crippen LogP contribution in [-0.2, 0) is 5.41 Å². The molecule has 2 aromatic rings. The second-order valence-corrected chi connectivity index (χ2v) is 7.58. The number of anilines is 1. The third-order valence-corrected chi connectivity index (χ3v) is 5.62. The predicted molar refractivity (Wildman–Crippen MR) is 98.0 cm³/mol. The maximum absolute atomic E-state index is 2.31. The molecule has 2 nitrogen and oxygen atoms in total. The van der Waals surface area contributed by atoms with Gasteiger partial charge in [-0.2, -0.15) is 4.58 Å². The topological polar surface area (TPSA) is 6.25 Å². The molecule has 2 heterocycles. The highest BCUT2D eigenvalue weighted by Crippen LogP contribution is 2.39. The highest BCUT2D eigenvalue weighted by atomic mass is 32.1. The lowest BCUT2D eigenvalue weighted by Gasteiger charge is -2.15. The van der Waals surface area contributed by atoms with Gasteiger partial charge in [0.2, 0.25) is 5.69 Å². The van der Waals surface area contributed by atoms with E-state index >= 15 is 0 Å². The van der Waals surface area contributed by atoms with E-state index in [1.54, 1.807) is 0 Å². The highest BCUT2D eigenvalue weighted by molar-refractivity contribution is 7.16. The molecule has 114 valence electrons. The highest BCUT2D eigenvalue weighted by Gasteiger charge is 2.42. The van der Waals surface area contributed by atoms with E-state index in [1.807, 2.05) is 11.3 Å². The number of para-hydroxylation sites is 1. The normalized spacial score (nSPS) is 16.4. The van der Waals surface area contributed by atoms with Gasteiger partial charge in [0.15, 0.2) is 5.71 Å². The minimum absolute atomic E-state index is 0.0451. The van der Waals surface area contributed by atoms with Crippen LogP contribution in [0.3, 0.4) is 0 Å². The van der Waals surface area contributed by atoms with Crippen molar-refractivity contribution in [1.82, 2.24) is 0 Å². The smallest absolute Gasteiger partial charge is 0.209 e. The van der Waals surface area contributed by atoms with Crippen molar-refractivity contribution in [2.75, 3.05) is 26.0 Å². The molecule has 0 aliphatic carbocycles. The molecule has 1 aliphatic rings. The van der Waals surface area contributed by atoms with Crippen molar-refractivity contribution in [1.29, 1.82) is 0 Å². The fourth-order valence-electron chi connectivity index (χ4n) is 3.13. The van der Waals surface area contributed by atoms with Crippen molar-refractivity contribution in [3.05, 3.63) is 52.9 Å². The molecule has 0 atom stereocenters. The number of hydrogen-bond acceptors (Lipinski definition) is 2. The van der Waals surface area contributed by atoms with Crippen molar-refractivity contribution >= 4 is 33.8 Å². The summed E-state index contributed by atoms with van der Waals surface area (Å²) >= 11 is 1.82. The Morgan fingerprint density at radius 3 is 2.41 bits per heavy atom. The first-order valence-corrected chi connectivity index (χ1v) is 8.39. The minimum atomic E-state index is 0.0451. The molecule has 3 rings (SSSR count). The number of rotatable bonds is 3. The lowest BCUT2D eigenvalue weighted by molar-refractivity contribution is -0.401. The molecule has 0 amide bonds. The van der Waals surface area contributed by atoms with Crippen molar-refractivity contribution in [3.63, 3.8) is 0 Å².